The Morgan fingerprint density at radius 1 is 0.933 bits per heavy atom. The Bertz CT molecular complexity index is 1090. The van der Waals surface area contributed by atoms with Crippen LogP contribution < -0.4 is 20.9 Å². The number of carbonyl (C=O) groups excluding carboxylic acids is 2. The molecule has 2 amide bonds. The standard InChI is InChI=1S/C21H17Br2N3O3S/c22-15-7-8-16-14(11-15)6-9-17(20(16)23)29-12-19(28)24-21(30)26-25-18(27)10-13-4-2-1-3-5-13/h1-9,11H,10,12H2,(H,25,27)(H2,24,26,28,30). The zero-order chi connectivity index (χ0) is 21.5. The van der Waals surface area contributed by atoms with Crippen molar-refractivity contribution < 1.29 is 14.3 Å². The number of thiocarbonyl (C=S) groups is 1. The van der Waals surface area contributed by atoms with E-state index in [0.717, 1.165) is 25.3 Å². The van der Waals surface area contributed by atoms with Crippen molar-refractivity contribution in [3.05, 3.63) is 75.2 Å². The lowest BCUT2D eigenvalue weighted by Gasteiger charge is -2.13. The summed E-state index contributed by atoms with van der Waals surface area (Å²) in [4.78, 5) is 24.0. The molecule has 0 aromatic heterocycles. The fourth-order valence-corrected chi connectivity index (χ4v) is 3.79. The second-order valence-corrected chi connectivity index (χ2v) is 8.36. The van der Waals surface area contributed by atoms with Gasteiger partial charge in [0.1, 0.15) is 5.75 Å². The average Bonchev–Trinajstić information content (AvgIpc) is 2.72. The Hall–Kier alpha value is -2.49. The third kappa shape index (κ3) is 6.25. The van der Waals surface area contributed by atoms with Crippen LogP contribution in [-0.4, -0.2) is 23.5 Å². The van der Waals surface area contributed by atoms with Crippen LogP contribution in [-0.2, 0) is 16.0 Å². The van der Waals surface area contributed by atoms with Gasteiger partial charge in [0, 0.05) is 4.47 Å². The first kappa shape index (κ1) is 22.2. The number of benzene rings is 3. The molecule has 0 saturated heterocycles. The van der Waals surface area contributed by atoms with Crippen LogP contribution in [0.25, 0.3) is 10.8 Å². The van der Waals surface area contributed by atoms with Crippen LogP contribution in [0.15, 0.2) is 69.6 Å². The number of nitrogens with one attached hydrogen (secondary N) is 3. The Morgan fingerprint density at radius 2 is 1.70 bits per heavy atom. The highest BCUT2D eigenvalue weighted by Gasteiger charge is 2.11. The van der Waals surface area contributed by atoms with Gasteiger partial charge >= 0.3 is 0 Å². The second kappa shape index (κ2) is 10.5. The molecule has 0 radical (unpaired) electrons. The van der Waals surface area contributed by atoms with Crippen LogP contribution in [0.1, 0.15) is 5.56 Å². The Balaban J connectivity index is 1.45. The molecule has 6 nitrogen and oxygen atoms in total. The average molecular weight is 551 g/mol. The number of hydrogen-bond acceptors (Lipinski definition) is 4. The van der Waals surface area contributed by atoms with Crippen LogP contribution in [0.4, 0.5) is 0 Å². The molecule has 0 aliphatic heterocycles. The molecule has 9 heteroatoms. The molecule has 0 saturated carbocycles. The molecular weight excluding hydrogens is 534 g/mol. The van der Waals surface area contributed by atoms with E-state index in [-0.39, 0.29) is 24.0 Å². The van der Waals surface area contributed by atoms with Gasteiger partial charge in [0.25, 0.3) is 5.91 Å². The zero-order valence-electron chi connectivity index (χ0n) is 15.6. The lowest BCUT2D eigenvalue weighted by molar-refractivity contribution is -0.122. The monoisotopic (exact) mass is 549 g/mol. The minimum absolute atomic E-state index is 0.0209. The summed E-state index contributed by atoms with van der Waals surface area (Å²) in [7, 11) is 0. The van der Waals surface area contributed by atoms with E-state index < -0.39 is 5.91 Å². The number of hydrazine groups is 1. The van der Waals surface area contributed by atoms with Gasteiger partial charge in [-0.2, -0.15) is 0 Å². The highest BCUT2D eigenvalue weighted by atomic mass is 79.9. The number of hydrogen-bond donors (Lipinski definition) is 3. The van der Waals surface area contributed by atoms with Gasteiger partial charge in [-0.25, -0.2) is 0 Å². The van der Waals surface area contributed by atoms with Gasteiger partial charge < -0.3 is 4.74 Å². The number of halogens is 2. The number of rotatable bonds is 5. The van der Waals surface area contributed by atoms with E-state index in [1.807, 2.05) is 54.6 Å². The van der Waals surface area contributed by atoms with Gasteiger partial charge in [-0.05, 0) is 62.7 Å². The van der Waals surface area contributed by atoms with Gasteiger partial charge in [-0.1, -0.05) is 58.4 Å². The summed E-state index contributed by atoms with van der Waals surface area (Å²) < 4.78 is 7.33. The van der Waals surface area contributed by atoms with Crippen LogP contribution in [0.3, 0.4) is 0 Å². The van der Waals surface area contributed by atoms with E-state index in [1.165, 1.54) is 0 Å². The normalized spacial score (nSPS) is 10.3. The molecule has 0 heterocycles. The van der Waals surface area contributed by atoms with Crippen LogP contribution in [0.5, 0.6) is 5.75 Å². The third-order valence-electron chi connectivity index (χ3n) is 4.02. The molecule has 3 rings (SSSR count). The van der Waals surface area contributed by atoms with E-state index >= 15 is 0 Å². The maximum atomic E-state index is 12.1. The van der Waals surface area contributed by atoms with Gasteiger partial charge in [0.15, 0.2) is 11.7 Å². The summed E-state index contributed by atoms with van der Waals surface area (Å²) in [6.45, 7) is -0.236. The van der Waals surface area contributed by atoms with Crippen molar-refractivity contribution in [2.75, 3.05) is 6.61 Å². The maximum Gasteiger partial charge on any atom is 0.264 e. The van der Waals surface area contributed by atoms with Crippen molar-refractivity contribution >= 4 is 71.8 Å². The van der Waals surface area contributed by atoms with Crippen LogP contribution in [0, 0.1) is 0 Å². The molecule has 3 aromatic rings. The topological polar surface area (TPSA) is 79.5 Å². The van der Waals surface area contributed by atoms with Gasteiger partial charge in [-0.15, -0.1) is 0 Å². The number of fused-ring (bicyclic) bond motifs is 1. The quantitative estimate of drug-likeness (QED) is 0.330. The summed E-state index contributed by atoms with van der Waals surface area (Å²) in [6, 6.07) is 18.9. The minimum atomic E-state index is -0.451. The lowest BCUT2D eigenvalue weighted by Crippen LogP contribution is -2.49. The fraction of sp³-hybridized carbons (Fsp3) is 0.0952. The minimum Gasteiger partial charge on any atom is -0.483 e. The Labute approximate surface area is 195 Å². The zero-order valence-corrected chi connectivity index (χ0v) is 19.6. The Kier molecular flexibility index (Phi) is 7.78. The van der Waals surface area contributed by atoms with E-state index in [4.69, 9.17) is 17.0 Å². The van der Waals surface area contributed by atoms with E-state index in [9.17, 15) is 9.59 Å². The molecule has 0 fully saturated rings. The number of carbonyl (C=O) groups is 2. The van der Waals surface area contributed by atoms with Crippen molar-refractivity contribution in [3.63, 3.8) is 0 Å². The lowest BCUT2D eigenvalue weighted by atomic mass is 10.1. The van der Waals surface area contributed by atoms with Crippen molar-refractivity contribution in [3.8, 4) is 5.75 Å². The highest BCUT2D eigenvalue weighted by Crippen LogP contribution is 2.34. The summed E-state index contributed by atoms with van der Waals surface area (Å²) in [5, 5.41) is 4.43. The SMILES string of the molecule is O=C(Cc1ccccc1)NNC(=S)NC(=O)COc1ccc2cc(Br)ccc2c1Br. The molecule has 0 aliphatic carbocycles. The van der Waals surface area contributed by atoms with Crippen molar-refractivity contribution in [1.82, 2.24) is 16.2 Å². The molecule has 30 heavy (non-hydrogen) atoms. The van der Waals surface area contributed by atoms with E-state index in [2.05, 4.69) is 48.0 Å². The number of ether oxygens (including phenoxy) is 1. The first-order valence-electron chi connectivity index (χ1n) is 8.85. The van der Waals surface area contributed by atoms with E-state index in [1.54, 1.807) is 6.07 Å². The first-order valence-corrected chi connectivity index (χ1v) is 10.8. The summed E-state index contributed by atoms with van der Waals surface area (Å²) in [6.07, 6.45) is 0.195. The molecular formula is C21H17Br2N3O3S. The predicted octanol–water partition coefficient (Wildman–Crippen LogP) is 4.01. The Morgan fingerprint density at radius 3 is 2.47 bits per heavy atom. The first-order chi connectivity index (χ1) is 14.4. The van der Waals surface area contributed by atoms with Crippen molar-refractivity contribution in [1.29, 1.82) is 0 Å². The van der Waals surface area contributed by atoms with Crippen molar-refractivity contribution in [2.45, 2.75) is 6.42 Å². The third-order valence-corrected chi connectivity index (χ3v) is 5.53. The number of amides is 2. The van der Waals surface area contributed by atoms with E-state index in [0.29, 0.717) is 5.75 Å². The van der Waals surface area contributed by atoms with Gasteiger partial charge in [-0.3, -0.25) is 25.8 Å². The predicted molar refractivity (Wildman–Crippen MR) is 127 cm³/mol. The maximum absolute atomic E-state index is 12.1. The second-order valence-electron chi connectivity index (χ2n) is 6.24. The van der Waals surface area contributed by atoms with Gasteiger partial charge in [0.2, 0.25) is 5.91 Å². The largest absolute Gasteiger partial charge is 0.483 e. The fourth-order valence-electron chi connectivity index (χ4n) is 2.64. The molecule has 0 unspecified atom stereocenters. The summed E-state index contributed by atoms with van der Waals surface area (Å²) >= 11 is 12.0. The summed E-state index contributed by atoms with van der Waals surface area (Å²) in [5.41, 5.74) is 5.82. The molecule has 3 N–H and O–H groups in total. The van der Waals surface area contributed by atoms with Gasteiger partial charge in [0.05, 0.1) is 10.9 Å². The molecule has 3 aromatic carbocycles. The molecule has 154 valence electrons. The van der Waals surface area contributed by atoms with Crippen molar-refractivity contribution in [2.24, 2.45) is 0 Å². The molecule has 0 spiro atoms. The smallest absolute Gasteiger partial charge is 0.264 e. The molecule has 0 bridgehead atoms. The molecule has 0 aliphatic rings. The molecule has 0 atom stereocenters. The van der Waals surface area contributed by atoms with Crippen LogP contribution >= 0.6 is 44.1 Å². The van der Waals surface area contributed by atoms with Crippen LogP contribution in [0.2, 0.25) is 0 Å². The summed E-state index contributed by atoms with van der Waals surface area (Å²) in [5.74, 6) is -0.191. The highest BCUT2D eigenvalue weighted by molar-refractivity contribution is 9.11.